The van der Waals surface area contributed by atoms with E-state index < -0.39 is 0 Å². The van der Waals surface area contributed by atoms with Crippen LogP contribution in [0.4, 0.5) is 0 Å². The molecular weight excluding hydrogens is 2260 g/mol. The van der Waals surface area contributed by atoms with Gasteiger partial charge in [-0.05, 0) is 185 Å². The van der Waals surface area contributed by atoms with E-state index in [0.717, 1.165) is 108 Å². The molecule has 42 nitrogen and oxygen atoms in total. The molecule has 0 saturated heterocycles. The zero-order valence-electron chi connectivity index (χ0n) is 78.0. The molecular formula is C90H89N29O13SY6-6. The average Bonchev–Trinajstić information content (AvgIpc) is 1.71. The van der Waals surface area contributed by atoms with E-state index >= 15 is 0 Å². The molecule has 0 saturated carbocycles. The van der Waals surface area contributed by atoms with Gasteiger partial charge in [-0.15, -0.1) is 42.7 Å². The van der Waals surface area contributed by atoms with Crippen molar-refractivity contribution < 1.29 is 229 Å². The Bertz CT molecular complexity index is 6790. The van der Waals surface area contributed by atoms with Gasteiger partial charge in [-0.3, -0.25) is 0 Å². The van der Waals surface area contributed by atoms with E-state index in [2.05, 4.69) is 139 Å². The third-order valence-electron chi connectivity index (χ3n) is 20.3. The van der Waals surface area contributed by atoms with Gasteiger partial charge in [-0.25, -0.2) is 40.1 Å². The molecule has 0 fully saturated rings. The maximum absolute atomic E-state index is 12.2. The van der Waals surface area contributed by atoms with Crippen molar-refractivity contribution in [3.05, 3.63) is 360 Å². The van der Waals surface area contributed by atoms with Crippen LogP contribution in [0.15, 0.2) is 227 Å². The van der Waals surface area contributed by atoms with E-state index in [9.17, 15) is 28.8 Å². The Morgan fingerprint density at radius 1 is 0.345 bits per heavy atom. The predicted molar refractivity (Wildman–Crippen MR) is 480 cm³/mol. The SMILES string of the molecule is CCc1cccc(-n2nnn(C)c2=O)c1COc1c[c-]c(C)cc1.CCc1cccc(-n2nnn(C)c2=O)c1COc1c[c-]ccc1.CCc1cccc(-n2nnn(C)c2=O)c1COc1ccc[c-]n1.Cc1cccc(-n2nnn(C)c2=O)c1COc1cc[n-]n1.Cc1cccc(-n2nnn(C)c2=O)c1COc1n[c-]co1.Cc1cccc(-n2nnn(C)c2=O)c1COc1n[c-]cs1.[Y].[Y].[Y].[Y].[Y].[Y]. The van der Waals surface area contributed by atoms with Crippen molar-refractivity contribution in [3.63, 3.8) is 0 Å². The van der Waals surface area contributed by atoms with Crippen LogP contribution in [-0.4, -0.2) is 139 Å². The summed E-state index contributed by atoms with van der Waals surface area (Å²) in [6, 6.07) is 60.2. The molecule has 8 aromatic carbocycles. The van der Waals surface area contributed by atoms with Crippen LogP contribution in [-0.2, 0) is 297 Å². The second-order valence-electron chi connectivity index (χ2n) is 28.9. The summed E-state index contributed by atoms with van der Waals surface area (Å²) in [7, 11) is 9.37. The number of hydrogen-bond donors (Lipinski definition) is 0. The fourth-order valence-electron chi connectivity index (χ4n) is 13.1. The van der Waals surface area contributed by atoms with Gasteiger partial charge >= 0.3 is 34.1 Å². The van der Waals surface area contributed by atoms with Crippen LogP contribution in [0.5, 0.6) is 34.5 Å². The minimum atomic E-state index is -0.327. The van der Waals surface area contributed by atoms with Crippen molar-refractivity contribution in [3.8, 4) is 68.7 Å². The summed E-state index contributed by atoms with van der Waals surface area (Å²) in [5, 5.41) is 55.7. The van der Waals surface area contributed by atoms with E-state index in [1.165, 1.54) is 69.1 Å². The molecule has 0 aliphatic rings. The zero-order chi connectivity index (χ0) is 94.0. The number of benzene rings is 8. The van der Waals surface area contributed by atoms with Crippen LogP contribution < -0.4 is 67.7 Å². The number of ether oxygens (including phenoxy) is 6. The molecule has 0 aliphatic carbocycles. The molecule has 49 heteroatoms. The average molecular weight is 2350 g/mol. The summed E-state index contributed by atoms with van der Waals surface area (Å²) in [6.07, 6.45) is 13.4. The summed E-state index contributed by atoms with van der Waals surface area (Å²) in [4.78, 5) is 84.2. The van der Waals surface area contributed by atoms with Gasteiger partial charge in [-0.2, -0.15) is 110 Å². The van der Waals surface area contributed by atoms with E-state index in [1.54, 1.807) is 90.3 Å². The number of oxazole rings is 1. The summed E-state index contributed by atoms with van der Waals surface area (Å²) >= 11 is 1.37. The Hall–Kier alpha value is -10.4. The van der Waals surface area contributed by atoms with Crippen molar-refractivity contribution in [2.24, 2.45) is 42.3 Å². The van der Waals surface area contributed by atoms with Crippen molar-refractivity contribution in [2.75, 3.05) is 0 Å². The molecule has 10 aromatic heterocycles. The van der Waals surface area contributed by atoms with E-state index in [1.807, 2.05) is 167 Å². The van der Waals surface area contributed by atoms with Gasteiger partial charge in [0.15, 0.2) is 5.88 Å². The Morgan fingerprint density at radius 3 is 1.04 bits per heavy atom. The topological polar surface area (TPSA) is 450 Å². The molecule has 18 rings (SSSR count). The van der Waals surface area contributed by atoms with E-state index in [0.29, 0.717) is 70.9 Å². The molecule has 0 unspecified atom stereocenters. The Kier molecular flexibility index (Phi) is 47.3. The Morgan fingerprint density at radius 2 is 0.712 bits per heavy atom. The van der Waals surface area contributed by atoms with Gasteiger partial charge in [0.25, 0.3) is 0 Å². The first-order valence-corrected chi connectivity index (χ1v) is 42.0. The van der Waals surface area contributed by atoms with Crippen molar-refractivity contribution in [1.82, 2.24) is 144 Å². The molecule has 0 aliphatic heterocycles. The number of tetrazole rings is 6. The quantitative estimate of drug-likeness (QED) is 0.0453. The molecule has 0 N–H and O–H groups in total. The normalized spacial score (nSPS) is 10.3. The van der Waals surface area contributed by atoms with Gasteiger partial charge in [0, 0.05) is 283 Å². The monoisotopic (exact) mass is 2350 g/mol. The number of thiazole rings is 1. The van der Waals surface area contributed by atoms with Gasteiger partial charge in [0.1, 0.15) is 18.4 Å². The molecule has 139 heavy (non-hydrogen) atoms. The molecule has 10 heterocycles. The van der Waals surface area contributed by atoms with E-state index in [-0.39, 0.29) is 256 Å². The Balaban J connectivity index is 0.000000225. The predicted octanol–water partition coefficient (Wildman–Crippen LogP) is 7.37. The summed E-state index contributed by atoms with van der Waals surface area (Å²) in [6.45, 7) is 15.7. The minimum Gasteiger partial charge on any atom is -0.579 e. The molecule has 6 radical (unpaired) electrons. The number of hydrogen-bond acceptors (Lipinski definition) is 30. The van der Waals surface area contributed by atoms with Gasteiger partial charge in [0.2, 0.25) is 6.08 Å². The van der Waals surface area contributed by atoms with Crippen LogP contribution in [0.2, 0.25) is 0 Å². The Labute approximate surface area is 950 Å². The van der Waals surface area contributed by atoms with Gasteiger partial charge in [-0.1, -0.05) is 112 Å². The summed E-state index contributed by atoms with van der Waals surface area (Å²) in [5.41, 5.74) is 14.8. The zero-order valence-corrected chi connectivity index (χ0v) is 95.8. The molecule has 0 atom stereocenters. The maximum atomic E-state index is 12.2. The maximum Gasteiger partial charge on any atom is 0.368 e. The molecule has 0 bridgehead atoms. The fourth-order valence-corrected chi connectivity index (χ4v) is 13.5. The van der Waals surface area contributed by atoms with Crippen molar-refractivity contribution in [2.45, 2.75) is 107 Å². The summed E-state index contributed by atoms with van der Waals surface area (Å²) in [5.74, 6) is 2.39. The molecule has 702 valence electrons. The number of pyridine rings is 1. The second kappa shape index (κ2) is 56.9. The van der Waals surface area contributed by atoms with Gasteiger partial charge in [0.05, 0.1) is 66.4 Å². The van der Waals surface area contributed by atoms with Crippen molar-refractivity contribution in [1.29, 1.82) is 0 Å². The van der Waals surface area contributed by atoms with Gasteiger partial charge < -0.3 is 58.0 Å². The summed E-state index contributed by atoms with van der Waals surface area (Å²) < 4.78 is 53.9. The first-order valence-electron chi connectivity index (χ1n) is 41.2. The minimum absolute atomic E-state index is 0. The number of rotatable bonds is 27. The van der Waals surface area contributed by atoms with E-state index in [4.69, 9.17) is 32.8 Å². The molecule has 0 amide bonds. The fraction of sp³-hybridized carbons (Fsp3) is 0.244. The smallest absolute Gasteiger partial charge is 0.368 e. The third kappa shape index (κ3) is 30.1. The second-order valence-corrected chi connectivity index (χ2v) is 29.8. The van der Waals surface area contributed by atoms with Crippen LogP contribution >= 0.6 is 11.3 Å². The van der Waals surface area contributed by atoms with Crippen LogP contribution in [0.3, 0.4) is 0 Å². The first-order chi connectivity index (χ1) is 64.5. The molecule has 18 aromatic rings. The standard InChI is InChI=1S/C18H19N4O2.C17H17N4O2.C16H16N5O2.C13H13N6O2.C13H12N5O3.C13H12N5O2S.6Y/c1-4-14-6-5-7-17(22-18(23)21(3)19-20-22)16(14)12-24-15-10-8-13(2)9-11-15;1-3-13-8-7-11-16(21-17(22)20(2)18-19-21)15(13)12-23-14-9-5-4-6-10-14;1-3-12-7-6-8-14(21-16(22)20(2)18-19-21)13(12)11-23-15-9-4-5-10-17-15;1-9-4-3-5-11(19-13(20)18(2)16-17-19)10(9)8-21-12-6-7-14-15-12;1-9-4-3-5-11(18-13(19)17(2)15-16-18)10(9)8-21-12-14-6-7-20-12;1-9-4-3-5-11(18-13(19)17(2)15-16-18)10(9)8-20-12-14-6-7-21-12;;;;;;/h5-8,10-11H,4,12H2,1-3H3;4-5,7-11H,3,12H2,1-2H3;4-9H,3,11H2,1-2H3;3-7H,8H2,1-2H3;2*3-5,7H,8H2,1-2H3;;;;;;/q6*-1;;;;;;. The molecule has 0 spiro atoms. The first kappa shape index (κ1) is 116. The van der Waals surface area contributed by atoms with Crippen LogP contribution in [0.25, 0.3) is 34.1 Å². The van der Waals surface area contributed by atoms with Crippen LogP contribution in [0.1, 0.15) is 93.1 Å². The van der Waals surface area contributed by atoms with Crippen molar-refractivity contribution >= 4 is 11.3 Å². The number of aryl methyl sites for hydroxylation is 13. The largest absolute Gasteiger partial charge is 0.579 e. The van der Waals surface area contributed by atoms with Crippen LogP contribution in [0, 0.1) is 58.4 Å². The number of nitrogens with zero attached hydrogens (tertiary/aromatic N) is 29. The number of aromatic nitrogens is 29. The third-order valence-corrected chi connectivity index (χ3v) is 20.9.